The molecule has 3 aromatic rings. The number of halogens is 2. The van der Waals surface area contributed by atoms with Crippen LogP contribution in [0, 0.1) is 5.82 Å². The molecule has 0 N–H and O–H groups in total. The van der Waals surface area contributed by atoms with E-state index in [4.69, 9.17) is 0 Å². The van der Waals surface area contributed by atoms with Gasteiger partial charge in [0.15, 0.2) is 0 Å². The van der Waals surface area contributed by atoms with Crippen LogP contribution in [-0.2, 0) is 0 Å². The maximum atomic E-state index is 13.9. The zero-order valence-electron chi connectivity index (χ0n) is 10.7. The summed E-state index contributed by atoms with van der Waals surface area (Å²) in [6, 6.07) is 13.4. The number of carbonyl (C=O) groups is 1. The van der Waals surface area contributed by atoms with Crippen molar-refractivity contribution in [2.75, 3.05) is 0 Å². The van der Waals surface area contributed by atoms with Crippen LogP contribution in [0.1, 0.15) is 16.1 Å². The van der Waals surface area contributed by atoms with Gasteiger partial charge in [-0.15, -0.1) is 5.10 Å². The molecule has 0 saturated heterocycles. The molecule has 1 aromatic heterocycles. The second kappa shape index (κ2) is 5.57. The van der Waals surface area contributed by atoms with Crippen molar-refractivity contribution in [3.05, 3.63) is 76.3 Å². The molecule has 0 aliphatic heterocycles. The number of carbonyl (C=O) groups excluding carboxylic acids is 1. The molecule has 6 heteroatoms. The van der Waals surface area contributed by atoms with E-state index in [0.717, 1.165) is 0 Å². The van der Waals surface area contributed by atoms with E-state index in [1.54, 1.807) is 18.2 Å². The topological polar surface area (TPSA) is 47.8 Å². The normalized spacial score (nSPS) is 10.6. The molecule has 0 bridgehead atoms. The maximum absolute atomic E-state index is 13.9. The van der Waals surface area contributed by atoms with Crippen LogP contribution in [0.2, 0.25) is 0 Å². The van der Waals surface area contributed by atoms with Crippen molar-refractivity contribution in [2.45, 2.75) is 0 Å². The van der Waals surface area contributed by atoms with Crippen LogP contribution in [0.3, 0.4) is 0 Å². The molecule has 0 aliphatic carbocycles. The van der Waals surface area contributed by atoms with E-state index in [0.29, 0.717) is 10.2 Å². The molecule has 0 saturated carbocycles. The van der Waals surface area contributed by atoms with Gasteiger partial charge >= 0.3 is 0 Å². The van der Waals surface area contributed by atoms with Gasteiger partial charge in [0.1, 0.15) is 11.5 Å². The summed E-state index contributed by atoms with van der Waals surface area (Å²) in [5, 5.41) is 7.65. The summed E-state index contributed by atoms with van der Waals surface area (Å²) in [5.41, 5.74) is 0.885. The summed E-state index contributed by atoms with van der Waals surface area (Å²) < 4.78 is 15.9. The predicted molar refractivity (Wildman–Crippen MR) is 78.9 cm³/mol. The Labute approximate surface area is 128 Å². The van der Waals surface area contributed by atoms with E-state index in [1.165, 1.54) is 23.0 Å². The Hall–Kier alpha value is -2.34. The smallest absolute Gasteiger partial charge is 0.216 e. The first-order valence-corrected chi connectivity index (χ1v) is 6.92. The SMILES string of the molecule is O=C(c1ccc(Br)cc1F)c1cnnn1-c1ccccc1. The molecule has 1 heterocycles. The second-order valence-electron chi connectivity index (χ2n) is 4.32. The largest absolute Gasteiger partial charge is 0.287 e. The Morgan fingerprint density at radius 1 is 1.14 bits per heavy atom. The molecule has 3 rings (SSSR count). The minimum atomic E-state index is -0.588. The molecule has 0 spiro atoms. The van der Waals surface area contributed by atoms with Gasteiger partial charge in [0.25, 0.3) is 0 Å². The number of hydrogen-bond acceptors (Lipinski definition) is 3. The third-order valence-electron chi connectivity index (χ3n) is 2.96. The van der Waals surface area contributed by atoms with Gasteiger partial charge in [0.2, 0.25) is 5.78 Å². The minimum absolute atomic E-state index is 0.0160. The van der Waals surface area contributed by atoms with Gasteiger partial charge in [0, 0.05) is 4.47 Å². The zero-order chi connectivity index (χ0) is 14.8. The van der Waals surface area contributed by atoms with Gasteiger partial charge in [0.05, 0.1) is 17.4 Å². The fourth-order valence-electron chi connectivity index (χ4n) is 1.96. The number of hydrogen-bond donors (Lipinski definition) is 0. The van der Waals surface area contributed by atoms with Crippen molar-refractivity contribution in [1.82, 2.24) is 15.0 Å². The molecule has 0 atom stereocenters. The monoisotopic (exact) mass is 345 g/mol. The van der Waals surface area contributed by atoms with Crippen LogP contribution in [0.4, 0.5) is 4.39 Å². The molecular formula is C15H9BrFN3O. The number of benzene rings is 2. The molecule has 0 radical (unpaired) electrons. The highest BCUT2D eigenvalue weighted by Crippen LogP contribution is 2.19. The first-order valence-electron chi connectivity index (χ1n) is 6.12. The predicted octanol–water partition coefficient (Wildman–Crippen LogP) is 3.40. The van der Waals surface area contributed by atoms with Crippen molar-refractivity contribution in [1.29, 1.82) is 0 Å². The van der Waals surface area contributed by atoms with Gasteiger partial charge < -0.3 is 0 Å². The first-order chi connectivity index (χ1) is 10.2. The van der Waals surface area contributed by atoms with E-state index in [9.17, 15) is 9.18 Å². The molecule has 2 aromatic carbocycles. The molecule has 0 fully saturated rings. The lowest BCUT2D eigenvalue weighted by atomic mass is 10.1. The Kier molecular flexibility index (Phi) is 3.62. The van der Waals surface area contributed by atoms with Crippen LogP contribution in [0.25, 0.3) is 5.69 Å². The summed E-state index contributed by atoms with van der Waals surface area (Å²) in [7, 11) is 0. The number of ketones is 1. The van der Waals surface area contributed by atoms with Gasteiger partial charge in [-0.3, -0.25) is 4.79 Å². The van der Waals surface area contributed by atoms with Gasteiger partial charge in [-0.05, 0) is 30.3 Å². The maximum Gasteiger partial charge on any atom is 0.216 e. The van der Waals surface area contributed by atoms with Crippen molar-refractivity contribution in [3.63, 3.8) is 0 Å². The van der Waals surface area contributed by atoms with Crippen LogP contribution >= 0.6 is 15.9 Å². The Bertz CT molecular complexity index is 802. The van der Waals surface area contributed by atoms with Crippen LogP contribution in [0.15, 0.2) is 59.2 Å². The lowest BCUT2D eigenvalue weighted by Crippen LogP contribution is -2.11. The highest BCUT2D eigenvalue weighted by atomic mass is 79.9. The highest BCUT2D eigenvalue weighted by Gasteiger charge is 2.19. The van der Waals surface area contributed by atoms with Crippen molar-refractivity contribution >= 4 is 21.7 Å². The quantitative estimate of drug-likeness (QED) is 0.683. The van der Waals surface area contributed by atoms with Crippen LogP contribution in [-0.4, -0.2) is 20.8 Å². The standard InChI is InChI=1S/C15H9BrFN3O/c16-10-6-7-12(13(17)8-10)15(21)14-9-18-19-20(14)11-4-2-1-3-5-11/h1-9H. The van der Waals surface area contributed by atoms with Crippen LogP contribution in [0.5, 0.6) is 0 Å². The van der Waals surface area contributed by atoms with Crippen molar-refractivity contribution in [3.8, 4) is 5.69 Å². The first kappa shape index (κ1) is 13.6. The number of aromatic nitrogens is 3. The number of nitrogens with zero attached hydrogens (tertiary/aromatic N) is 3. The average molecular weight is 346 g/mol. The third-order valence-corrected chi connectivity index (χ3v) is 3.45. The van der Waals surface area contributed by atoms with E-state index < -0.39 is 11.6 Å². The lowest BCUT2D eigenvalue weighted by molar-refractivity contribution is 0.102. The molecule has 0 amide bonds. The van der Waals surface area contributed by atoms with Crippen molar-refractivity contribution in [2.24, 2.45) is 0 Å². The molecule has 0 unspecified atom stereocenters. The molecule has 104 valence electrons. The van der Waals surface area contributed by atoms with Crippen LogP contribution < -0.4 is 0 Å². The summed E-state index contributed by atoms with van der Waals surface area (Å²) in [4.78, 5) is 12.5. The summed E-state index contributed by atoms with van der Waals surface area (Å²) >= 11 is 3.16. The summed E-state index contributed by atoms with van der Waals surface area (Å²) in [6.07, 6.45) is 1.33. The molecular weight excluding hydrogens is 337 g/mol. The summed E-state index contributed by atoms with van der Waals surface area (Å²) in [6.45, 7) is 0. The molecule has 0 aliphatic rings. The lowest BCUT2D eigenvalue weighted by Gasteiger charge is -2.06. The Morgan fingerprint density at radius 3 is 2.62 bits per heavy atom. The average Bonchev–Trinajstić information content (AvgIpc) is 2.97. The minimum Gasteiger partial charge on any atom is -0.287 e. The van der Waals surface area contributed by atoms with Gasteiger partial charge in [-0.2, -0.15) is 0 Å². The summed E-state index contributed by atoms with van der Waals surface area (Å²) in [5.74, 6) is -1.05. The van der Waals surface area contributed by atoms with E-state index in [-0.39, 0.29) is 11.3 Å². The Morgan fingerprint density at radius 2 is 1.90 bits per heavy atom. The van der Waals surface area contributed by atoms with Gasteiger partial charge in [-0.1, -0.05) is 39.3 Å². The van der Waals surface area contributed by atoms with Gasteiger partial charge in [-0.25, -0.2) is 9.07 Å². The second-order valence-corrected chi connectivity index (χ2v) is 5.24. The fourth-order valence-corrected chi connectivity index (χ4v) is 2.29. The molecule has 4 nitrogen and oxygen atoms in total. The van der Waals surface area contributed by atoms with E-state index in [1.807, 2.05) is 18.2 Å². The fraction of sp³-hybridized carbons (Fsp3) is 0. The highest BCUT2D eigenvalue weighted by molar-refractivity contribution is 9.10. The number of para-hydroxylation sites is 1. The zero-order valence-corrected chi connectivity index (χ0v) is 12.3. The Balaban J connectivity index is 2.06. The van der Waals surface area contributed by atoms with Crippen molar-refractivity contribution < 1.29 is 9.18 Å². The molecule has 21 heavy (non-hydrogen) atoms. The third kappa shape index (κ3) is 2.62. The van der Waals surface area contributed by atoms with E-state index in [2.05, 4.69) is 26.2 Å². The number of rotatable bonds is 3. The van der Waals surface area contributed by atoms with E-state index >= 15 is 0 Å².